The molecule has 0 saturated heterocycles. The Morgan fingerprint density at radius 3 is 1.86 bits per heavy atom. The molecule has 0 aliphatic heterocycles. The third-order valence-corrected chi connectivity index (χ3v) is 10.8. The minimum atomic E-state index is 0.692. The smallest absolute Gasteiger partial charge is 0.160 e. The van der Waals surface area contributed by atoms with E-state index >= 15 is 0 Å². The Kier molecular flexibility index (Phi) is 6.68. The fraction of sp³-hybridized carbons (Fsp3) is 0. The van der Waals surface area contributed by atoms with Gasteiger partial charge in [0.05, 0.1) is 11.4 Å². The maximum Gasteiger partial charge on any atom is 0.160 e. The monoisotopic (exact) mass is 656 g/mol. The molecule has 0 saturated carbocycles. The van der Waals surface area contributed by atoms with Gasteiger partial charge in [-0.25, -0.2) is 9.97 Å². The summed E-state index contributed by atoms with van der Waals surface area (Å²) in [6.07, 6.45) is 0. The van der Waals surface area contributed by atoms with Crippen molar-refractivity contribution in [3.63, 3.8) is 0 Å². The van der Waals surface area contributed by atoms with Crippen LogP contribution in [0.15, 0.2) is 174 Å². The SMILES string of the molecule is c1ccc(-c2ccccc2-c2cc(-c3cccc4c3sc3ccccc34)nc(-c3ccc(-c4ccc5c(c4)oc4ccccc45)cc3)n2)cc1. The zero-order valence-electron chi connectivity index (χ0n) is 26.9. The van der Waals surface area contributed by atoms with Gasteiger partial charge in [-0.2, -0.15) is 0 Å². The maximum absolute atomic E-state index is 6.19. The Balaban J connectivity index is 1.13. The van der Waals surface area contributed by atoms with Gasteiger partial charge >= 0.3 is 0 Å². The summed E-state index contributed by atoms with van der Waals surface area (Å²) >= 11 is 1.82. The van der Waals surface area contributed by atoms with Crippen molar-refractivity contribution in [2.75, 3.05) is 0 Å². The highest BCUT2D eigenvalue weighted by atomic mass is 32.1. The van der Waals surface area contributed by atoms with Gasteiger partial charge in [-0.15, -0.1) is 11.3 Å². The molecule has 3 nitrogen and oxygen atoms in total. The van der Waals surface area contributed by atoms with Gasteiger partial charge in [0.25, 0.3) is 0 Å². The van der Waals surface area contributed by atoms with E-state index in [0.717, 1.165) is 72.3 Å². The van der Waals surface area contributed by atoms with Gasteiger partial charge in [-0.3, -0.25) is 0 Å². The summed E-state index contributed by atoms with van der Waals surface area (Å²) in [7, 11) is 0. The van der Waals surface area contributed by atoms with E-state index in [9.17, 15) is 0 Å². The molecule has 0 N–H and O–H groups in total. The molecule has 0 unspecified atom stereocenters. The summed E-state index contributed by atoms with van der Waals surface area (Å²) in [6.45, 7) is 0. The molecule has 10 rings (SSSR count). The van der Waals surface area contributed by atoms with Crippen LogP contribution < -0.4 is 0 Å². The Morgan fingerprint density at radius 2 is 1.00 bits per heavy atom. The third kappa shape index (κ3) is 4.80. The largest absolute Gasteiger partial charge is 0.456 e. The summed E-state index contributed by atoms with van der Waals surface area (Å²) in [5.41, 5.74) is 11.2. The zero-order chi connectivity index (χ0) is 33.0. The number of hydrogen-bond acceptors (Lipinski definition) is 4. The topological polar surface area (TPSA) is 38.9 Å². The molecule has 0 radical (unpaired) electrons. The molecule has 7 aromatic carbocycles. The van der Waals surface area contributed by atoms with Crippen LogP contribution in [0.1, 0.15) is 0 Å². The predicted molar refractivity (Wildman–Crippen MR) is 209 cm³/mol. The fourth-order valence-corrected chi connectivity index (χ4v) is 8.32. The van der Waals surface area contributed by atoms with Gasteiger partial charge in [-0.05, 0) is 52.6 Å². The lowest BCUT2D eigenvalue weighted by atomic mass is 9.96. The molecule has 0 atom stereocenters. The van der Waals surface area contributed by atoms with Crippen molar-refractivity contribution >= 4 is 53.4 Å². The number of fused-ring (bicyclic) bond motifs is 6. The lowest BCUT2D eigenvalue weighted by molar-refractivity contribution is 0.669. The average molecular weight is 657 g/mol. The number of hydrogen-bond donors (Lipinski definition) is 0. The Hall–Kier alpha value is -6.36. The Morgan fingerprint density at radius 1 is 0.380 bits per heavy atom. The van der Waals surface area contributed by atoms with E-state index in [0.29, 0.717) is 5.82 Å². The Bertz CT molecular complexity index is 2870. The minimum Gasteiger partial charge on any atom is -0.456 e. The molecular weight excluding hydrogens is 629 g/mol. The molecule has 4 heteroatoms. The average Bonchev–Trinajstić information content (AvgIpc) is 3.76. The lowest BCUT2D eigenvalue weighted by Gasteiger charge is -2.13. The Labute approximate surface area is 292 Å². The second kappa shape index (κ2) is 11.7. The number of furan rings is 1. The van der Waals surface area contributed by atoms with Crippen molar-refractivity contribution in [1.29, 1.82) is 0 Å². The van der Waals surface area contributed by atoms with Crippen LogP contribution in [0.4, 0.5) is 0 Å². The van der Waals surface area contributed by atoms with Crippen molar-refractivity contribution < 1.29 is 4.42 Å². The van der Waals surface area contributed by atoms with Crippen molar-refractivity contribution in [2.24, 2.45) is 0 Å². The van der Waals surface area contributed by atoms with E-state index in [2.05, 4.69) is 158 Å². The van der Waals surface area contributed by atoms with Crippen LogP contribution in [0, 0.1) is 0 Å². The number of nitrogens with zero attached hydrogens (tertiary/aromatic N) is 2. The molecule has 0 amide bonds. The van der Waals surface area contributed by atoms with Gasteiger partial charge in [0.2, 0.25) is 0 Å². The quantitative estimate of drug-likeness (QED) is 0.185. The first-order valence-corrected chi connectivity index (χ1v) is 17.6. The summed E-state index contributed by atoms with van der Waals surface area (Å²) in [6, 6.07) is 59.6. The number of rotatable bonds is 5. The van der Waals surface area contributed by atoms with Crippen LogP contribution in [0.5, 0.6) is 0 Å². The normalized spacial score (nSPS) is 11.6. The van der Waals surface area contributed by atoms with Crippen LogP contribution in [0.2, 0.25) is 0 Å². The van der Waals surface area contributed by atoms with Crippen LogP contribution in [-0.2, 0) is 0 Å². The summed E-state index contributed by atoms with van der Waals surface area (Å²) in [5, 5.41) is 4.79. The first-order valence-electron chi connectivity index (χ1n) is 16.7. The highest BCUT2D eigenvalue weighted by molar-refractivity contribution is 7.26. The second-order valence-electron chi connectivity index (χ2n) is 12.5. The van der Waals surface area contributed by atoms with Gasteiger partial charge < -0.3 is 4.42 Å². The standard InChI is InChI=1S/C46H28N2OS/c1-2-11-30(12-3-1)33-13-4-5-14-34(33)40-28-41(39-18-10-17-38-37-16-7-9-20-44(37)50-45(38)39)48-46(47-40)31-23-21-29(22-24-31)32-25-26-36-35-15-6-8-19-42(35)49-43(36)27-32/h1-28H. The molecule has 50 heavy (non-hydrogen) atoms. The minimum absolute atomic E-state index is 0.692. The van der Waals surface area contributed by atoms with Gasteiger partial charge in [0.1, 0.15) is 11.2 Å². The van der Waals surface area contributed by atoms with Crippen LogP contribution in [0.3, 0.4) is 0 Å². The van der Waals surface area contributed by atoms with Crippen molar-refractivity contribution in [2.45, 2.75) is 0 Å². The first-order chi connectivity index (χ1) is 24.8. The van der Waals surface area contributed by atoms with Crippen LogP contribution in [0.25, 0.3) is 98.3 Å². The van der Waals surface area contributed by atoms with E-state index in [1.807, 2.05) is 23.5 Å². The zero-order valence-corrected chi connectivity index (χ0v) is 27.7. The molecule has 0 aliphatic rings. The maximum atomic E-state index is 6.19. The van der Waals surface area contributed by atoms with Crippen LogP contribution >= 0.6 is 11.3 Å². The molecule has 10 aromatic rings. The number of benzene rings is 7. The van der Waals surface area contributed by atoms with Gasteiger partial charge in [0, 0.05) is 47.6 Å². The molecule has 3 aromatic heterocycles. The van der Waals surface area contributed by atoms with E-state index in [4.69, 9.17) is 14.4 Å². The fourth-order valence-electron chi connectivity index (χ4n) is 7.09. The summed E-state index contributed by atoms with van der Waals surface area (Å²) in [5.74, 6) is 0.692. The van der Waals surface area contributed by atoms with E-state index in [-0.39, 0.29) is 0 Å². The van der Waals surface area contributed by atoms with Gasteiger partial charge in [-0.1, -0.05) is 140 Å². The van der Waals surface area contributed by atoms with E-state index in [1.165, 1.54) is 20.2 Å². The number of thiophene rings is 1. The highest BCUT2D eigenvalue weighted by Crippen LogP contribution is 2.41. The van der Waals surface area contributed by atoms with E-state index < -0.39 is 0 Å². The van der Waals surface area contributed by atoms with Crippen LogP contribution in [-0.4, -0.2) is 9.97 Å². The third-order valence-electron chi connectivity index (χ3n) is 9.55. The molecule has 234 valence electrons. The number of aromatic nitrogens is 2. The lowest BCUT2D eigenvalue weighted by Crippen LogP contribution is -1.97. The van der Waals surface area contributed by atoms with Crippen molar-refractivity contribution in [3.8, 4) is 56.2 Å². The summed E-state index contributed by atoms with van der Waals surface area (Å²) in [4.78, 5) is 10.5. The molecule has 3 heterocycles. The molecular formula is C46H28N2OS. The van der Waals surface area contributed by atoms with Gasteiger partial charge in [0.15, 0.2) is 5.82 Å². The summed E-state index contributed by atoms with van der Waals surface area (Å²) < 4.78 is 8.70. The highest BCUT2D eigenvalue weighted by Gasteiger charge is 2.17. The molecule has 0 fully saturated rings. The molecule has 0 bridgehead atoms. The molecule has 0 aliphatic carbocycles. The van der Waals surface area contributed by atoms with Crippen molar-refractivity contribution in [1.82, 2.24) is 9.97 Å². The molecule has 0 spiro atoms. The first kappa shape index (κ1) is 28.6. The number of para-hydroxylation sites is 1. The van der Waals surface area contributed by atoms with Crippen molar-refractivity contribution in [3.05, 3.63) is 170 Å². The predicted octanol–water partition coefficient (Wildman–Crippen LogP) is 13.1. The second-order valence-corrected chi connectivity index (χ2v) is 13.6. The van der Waals surface area contributed by atoms with E-state index in [1.54, 1.807) is 0 Å².